The maximum Gasteiger partial charge on any atom is 0.274 e. The molecule has 0 aliphatic heterocycles. The lowest BCUT2D eigenvalue weighted by Gasteiger charge is -2.14. The van der Waals surface area contributed by atoms with Gasteiger partial charge in [-0.1, -0.05) is 12.1 Å². The molecule has 134 valence electrons. The molecule has 0 aliphatic rings. The van der Waals surface area contributed by atoms with Crippen molar-refractivity contribution in [2.75, 3.05) is 37.8 Å². The van der Waals surface area contributed by atoms with Crippen molar-refractivity contribution < 1.29 is 9.53 Å². The van der Waals surface area contributed by atoms with Crippen molar-refractivity contribution in [3.63, 3.8) is 0 Å². The quantitative estimate of drug-likeness (QED) is 0.767. The number of anilines is 2. The van der Waals surface area contributed by atoms with Gasteiger partial charge in [-0.15, -0.1) is 0 Å². The van der Waals surface area contributed by atoms with Crippen LogP contribution in [0.2, 0.25) is 0 Å². The highest BCUT2D eigenvalue weighted by atomic mass is 16.5. The molecular weight excluding hydrogens is 318 g/mol. The van der Waals surface area contributed by atoms with Gasteiger partial charge >= 0.3 is 0 Å². The molecule has 1 aromatic heterocycles. The molecule has 0 aliphatic carbocycles. The maximum absolute atomic E-state index is 12.5. The number of benzene rings is 1. The summed E-state index contributed by atoms with van der Waals surface area (Å²) in [6.07, 6.45) is 1.58. The Bertz CT molecular complexity index is 703. The Hall–Kier alpha value is -2.67. The Kier molecular flexibility index (Phi) is 6.71. The monoisotopic (exact) mass is 343 g/mol. The van der Waals surface area contributed by atoms with E-state index in [4.69, 9.17) is 4.74 Å². The number of hydrogen-bond acceptors (Lipinski definition) is 6. The summed E-state index contributed by atoms with van der Waals surface area (Å²) in [6, 6.07) is 8.91. The first-order valence-corrected chi connectivity index (χ1v) is 8.24. The largest absolute Gasteiger partial charge is 0.489 e. The third kappa shape index (κ3) is 6.04. The number of para-hydroxylation sites is 2. The van der Waals surface area contributed by atoms with Crippen molar-refractivity contribution in [3.8, 4) is 5.75 Å². The lowest BCUT2D eigenvalue weighted by Crippen LogP contribution is -2.22. The topological polar surface area (TPSA) is 79.4 Å². The summed E-state index contributed by atoms with van der Waals surface area (Å²) >= 11 is 0. The second kappa shape index (κ2) is 8.98. The number of amides is 1. The minimum absolute atomic E-state index is 0.0181. The lowest BCUT2D eigenvalue weighted by molar-refractivity contribution is 0.102. The van der Waals surface area contributed by atoms with Crippen LogP contribution < -0.4 is 15.4 Å². The highest BCUT2D eigenvalue weighted by Gasteiger charge is 2.12. The van der Waals surface area contributed by atoms with Gasteiger partial charge in [0.2, 0.25) is 5.95 Å². The normalized spacial score (nSPS) is 10.8. The molecule has 7 heteroatoms. The molecule has 0 radical (unpaired) electrons. The molecule has 1 aromatic carbocycles. The van der Waals surface area contributed by atoms with Gasteiger partial charge in [0.1, 0.15) is 11.4 Å². The van der Waals surface area contributed by atoms with E-state index in [1.807, 2.05) is 46.1 Å². The molecular formula is C18H25N5O2. The average molecular weight is 343 g/mol. The molecule has 1 amide bonds. The Labute approximate surface area is 148 Å². The minimum Gasteiger partial charge on any atom is -0.489 e. The highest BCUT2D eigenvalue weighted by Crippen LogP contribution is 2.25. The van der Waals surface area contributed by atoms with Gasteiger partial charge in [0.05, 0.1) is 11.8 Å². The van der Waals surface area contributed by atoms with E-state index in [1.54, 1.807) is 18.3 Å². The minimum atomic E-state index is -0.308. The molecule has 0 bridgehead atoms. The van der Waals surface area contributed by atoms with Crippen LogP contribution in [0.3, 0.4) is 0 Å². The Morgan fingerprint density at radius 1 is 1.24 bits per heavy atom. The summed E-state index contributed by atoms with van der Waals surface area (Å²) in [5.41, 5.74) is 0.906. The molecule has 2 N–H and O–H groups in total. The third-order valence-corrected chi connectivity index (χ3v) is 3.23. The van der Waals surface area contributed by atoms with E-state index in [0.717, 1.165) is 6.54 Å². The van der Waals surface area contributed by atoms with Crippen LogP contribution in [0.25, 0.3) is 0 Å². The van der Waals surface area contributed by atoms with Gasteiger partial charge in [0, 0.05) is 19.3 Å². The van der Waals surface area contributed by atoms with Crippen LogP contribution in [0.5, 0.6) is 5.75 Å². The van der Waals surface area contributed by atoms with Crippen molar-refractivity contribution >= 4 is 17.5 Å². The fraction of sp³-hybridized carbons (Fsp3) is 0.389. The molecule has 0 spiro atoms. The maximum atomic E-state index is 12.5. The van der Waals surface area contributed by atoms with Gasteiger partial charge in [0.25, 0.3) is 5.91 Å². The van der Waals surface area contributed by atoms with Gasteiger partial charge in [0.15, 0.2) is 0 Å². The summed E-state index contributed by atoms with van der Waals surface area (Å²) in [4.78, 5) is 22.9. The highest BCUT2D eigenvalue weighted by molar-refractivity contribution is 6.03. The van der Waals surface area contributed by atoms with Crippen molar-refractivity contribution in [1.82, 2.24) is 14.9 Å². The summed E-state index contributed by atoms with van der Waals surface area (Å²) in [5, 5.41) is 5.95. The molecule has 2 rings (SSSR count). The van der Waals surface area contributed by atoms with Gasteiger partial charge in [-0.25, -0.2) is 9.97 Å². The van der Waals surface area contributed by atoms with Crippen molar-refractivity contribution in [2.45, 2.75) is 20.0 Å². The first kappa shape index (κ1) is 18.7. The van der Waals surface area contributed by atoms with Crippen molar-refractivity contribution in [1.29, 1.82) is 0 Å². The number of hydrogen-bond donors (Lipinski definition) is 2. The number of carbonyl (C=O) groups is 1. The second-order valence-corrected chi connectivity index (χ2v) is 6.11. The fourth-order valence-corrected chi connectivity index (χ4v) is 2.07. The van der Waals surface area contributed by atoms with E-state index >= 15 is 0 Å². The first-order chi connectivity index (χ1) is 12.0. The van der Waals surface area contributed by atoms with Crippen molar-refractivity contribution in [3.05, 3.63) is 42.2 Å². The first-order valence-electron chi connectivity index (χ1n) is 8.24. The molecule has 0 saturated carbocycles. The lowest BCUT2D eigenvalue weighted by atomic mass is 10.2. The van der Waals surface area contributed by atoms with Crippen LogP contribution >= 0.6 is 0 Å². The second-order valence-electron chi connectivity index (χ2n) is 6.11. The number of likely N-dealkylation sites (N-methyl/N-ethyl adjacent to an activating group) is 1. The number of aromatic nitrogens is 2. The Balaban J connectivity index is 2.06. The third-order valence-electron chi connectivity index (χ3n) is 3.23. The van der Waals surface area contributed by atoms with Gasteiger partial charge in [-0.3, -0.25) is 4.79 Å². The van der Waals surface area contributed by atoms with E-state index in [9.17, 15) is 4.79 Å². The molecule has 0 atom stereocenters. The zero-order chi connectivity index (χ0) is 18.2. The van der Waals surface area contributed by atoms with Crippen LogP contribution in [0.1, 0.15) is 24.3 Å². The number of rotatable bonds is 8. The van der Waals surface area contributed by atoms with E-state index in [-0.39, 0.29) is 12.0 Å². The molecule has 0 fully saturated rings. The Morgan fingerprint density at radius 3 is 2.72 bits per heavy atom. The van der Waals surface area contributed by atoms with Crippen LogP contribution in [0.15, 0.2) is 36.5 Å². The Morgan fingerprint density at radius 2 is 2.00 bits per heavy atom. The van der Waals surface area contributed by atoms with E-state index in [1.165, 1.54) is 0 Å². The SMILES string of the molecule is CC(C)Oc1ccccc1NC(=O)c1ccnc(NCCN(C)C)n1. The number of carbonyl (C=O) groups excluding carboxylic acids is 1. The van der Waals surface area contributed by atoms with E-state index in [2.05, 4.69) is 25.5 Å². The van der Waals surface area contributed by atoms with E-state index in [0.29, 0.717) is 29.6 Å². The van der Waals surface area contributed by atoms with Crippen molar-refractivity contribution in [2.24, 2.45) is 0 Å². The number of ether oxygens (including phenoxy) is 1. The number of nitrogens with zero attached hydrogens (tertiary/aromatic N) is 3. The van der Waals surface area contributed by atoms with Gasteiger partial charge in [-0.05, 0) is 46.1 Å². The molecule has 0 saturated heterocycles. The predicted molar refractivity (Wildman–Crippen MR) is 99.2 cm³/mol. The zero-order valence-electron chi connectivity index (χ0n) is 15.1. The molecule has 2 aromatic rings. The molecule has 7 nitrogen and oxygen atoms in total. The van der Waals surface area contributed by atoms with E-state index < -0.39 is 0 Å². The summed E-state index contributed by atoms with van der Waals surface area (Å²) < 4.78 is 5.72. The fourth-order valence-electron chi connectivity index (χ4n) is 2.07. The average Bonchev–Trinajstić information content (AvgIpc) is 2.56. The van der Waals surface area contributed by atoms with Crippen LogP contribution in [-0.2, 0) is 0 Å². The molecule has 25 heavy (non-hydrogen) atoms. The molecule has 0 unspecified atom stereocenters. The van der Waals surface area contributed by atoms with Gasteiger partial charge in [-0.2, -0.15) is 0 Å². The summed E-state index contributed by atoms with van der Waals surface area (Å²) in [7, 11) is 3.98. The summed E-state index contributed by atoms with van der Waals surface area (Å²) in [5.74, 6) is 0.753. The molecule has 1 heterocycles. The predicted octanol–water partition coefficient (Wildman–Crippen LogP) is 2.49. The smallest absolute Gasteiger partial charge is 0.274 e. The number of nitrogens with one attached hydrogen (secondary N) is 2. The van der Waals surface area contributed by atoms with Crippen LogP contribution in [0.4, 0.5) is 11.6 Å². The zero-order valence-corrected chi connectivity index (χ0v) is 15.1. The van der Waals surface area contributed by atoms with Crippen LogP contribution in [0, 0.1) is 0 Å². The standard InChI is InChI=1S/C18H25N5O2/c1-13(2)25-16-8-6-5-7-14(16)21-17(24)15-9-10-19-18(22-15)20-11-12-23(3)4/h5-10,13H,11-12H2,1-4H3,(H,21,24)(H,19,20,22). The summed E-state index contributed by atoms with van der Waals surface area (Å²) in [6.45, 7) is 5.42. The van der Waals surface area contributed by atoms with Crippen LogP contribution in [-0.4, -0.2) is 54.1 Å². The van der Waals surface area contributed by atoms with Gasteiger partial charge < -0.3 is 20.3 Å².